The van der Waals surface area contributed by atoms with Crippen molar-refractivity contribution < 1.29 is 52.1 Å². The summed E-state index contributed by atoms with van der Waals surface area (Å²) < 4.78 is 48.5. The molecule has 114 valence electrons. The first-order valence-electron chi connectivity index (χ1n) is 4.52. The summed E-state index contributed by atoms with van der Waals surface area (Å²) in [7, 11) is 3.32. The van der Waals surface area contributed by atoms with E-state index in [0.717, 1.165) is 15.4 Å². The van der Waals surface area contributed by atoms with E-state index in [1.54, 1.807) is 14.2 Å². The minimum atomic E-state index is 0.865. The van der Waals surface area contributed by atoms with Gasteiger partial charge in [0.15, 0.2) is 0 Å². The van der Waals surface area contributed by atoms with Crippen LogP contribution in [0.1, 0.15) is 5.56 Å². The van der Waals surface area contributed by atoms with Crippen LogP contribution in [-0.2, 0) is 47.4 Å². The molecule has 22 heavy (non-hydrogen) atoms. The Labute approximate surface area is 139 Å². The standard InChI is InChI=1S/C9H10O2.5CO.Mo/c1-10-7-8-3-5-9(11-2)6-4-8;5*1-2;/h3-6H,1-2H3;;;;;;. The summed E-state index contributed by atoms with van der Waals surface area (Å²) in [6.45, 7) is 22.5. The second-order valence-electron chi connectivity index (χ2n) is 2.22. The van der Waals surface area contributed by atoms with E-state index in [0.29, 0.717) is 0 Å². The molecule has 7 nitrogen and oxygen atoms in total. The van der Waals surface area contributed by atoms with Crippen LogP contribution in [0.25, 0.3) is 0 Å². The second-order valence-corrected chi connectivity index (χ2v) is 3.13. The molecule has 1 rings (SSSR count). The fourth-order valence-electron chi connectivity index (χ4n) is 0.845. The summed E-state index contributed by atoms with van der Waals surface area (Å²) >= 11 is 1.86. The van der Waals surface area contributed by atoms with E-state index in [1.807, 2.05) is 43.6 Å². The molecule has 0 aromatic heterocycles. The van der Waals surface area contributed by atoms with Crippen molar-refractivity contribution in [2.24, 2.45) is 0 Å². The average Bonchev–Trinajstić information content (AvgIpc) is 2.69. The van der Waals surface area contributed by atoms with Crippen molar-refractivity contribution in [2.75, 3.05) is 14.2 Å². The van der Waals surface area contributed by atoms with Crippen LogP contribution in [-0.4, -0.2) is 18.3 Å². The Morgan fingerprint density at radius 1 is 0.773 bits per heavy atom. The third-order valence-corrected chi connectivity index (χ3v) is 2.50. The van der Waals surface area contributed by atoms with Gasteiger partial charge in [-0.3, -0.25) is 0 Å². The normalized spacial score (nSPS) is 5.64. The van der Waals surface area contributed by atoms with Gasteiger partial charge in [-0.1, -0.05) is 0 Å². The Morgan fingerprint density at radius 2 is 1.09 bits per heavy atom. The molecule has 0 atom stereocenters. The van der Waals surface area contributed by atoms with Gasteiger partial charge in [-0.2, -0.15) is 0 Å². The Balaban J connectivity index is -0.0000000822. The molecule has 0 radical (unpaired) electrons. The number of hydrogen-bond donors (Lipinski definition) is 0. The van der Waals surface area contributed by atoms with Crippen LogP contribution in [0.3, 0.4) is 0 Å². The molecular weight excluding hydrogens is 376 g/mol. The number of methoxy groups -OCH3 is 2. The van der Waals surface area contributed by atoms with Crippen molar-refractivity contribution in [2.45, 2.75) is 0 Å². The molecule has 0 aliphatic carbocycles. The topological polar surface area (TPSA) is 118 Å². The first-order valence-corrected chi connectivity index (χ1v) is 5.52. The SMILES string of the molecule is CO[C](=[Mo])c1ccc(OC)cc1.[C-]#[O+].[C-]#[O+].[C-]#[O+].[C-]#[O+].[C-]#[O+]. The zero-order valence-electron chi connectivity index (χ0n) is 11.6. The molecule has 1 aromatic carbocycles. The van der Waals surface area contributed by atoms with Gasteiger partial charge in [-0.05, 0) is 0 Å². The van der Waals surface area contributed by atoms with Gasteiger partial charge in [0.2, 0.25) is 0 Å². The minimum absolute atomic E-state index is 0.865. The summed E-state index contributed by atoms with van der Waals surface area (Å²) in [5, 5.41) is 0. The van der Waals surface area contributed by atoms with E-state index < -0.39 is 0 Å². The van der Waals surface area contributed by atoms with Crippen LogP contribution in [0.4, 0.5) is 0 Å². The Kier molecular flexibility index (Phi) is 53.5. The fraction of sp³-hybridized carbons (Fsp3) is 0.143. The molecular formula is C14H10MoO7. The molecule has 8 heteroatoms. The van der Waals surface area contributed by atoms with E-state index >= 15 is 0 Å². The molecule has 0 aliphatic rings. The molecule has 0 amide bonds. The van der Waals surface area contributed by atoms with E-state index in [4.69, 9.17) is 32.7 Å². The average molecular weight is 386 g/mol. The van der Waals surface area contributed by atoms with Crippen molar-refractivity contribution in [1.29, 1.82) is 0 Å². The van der Waals surface area contributed by atoms with Crippen molar-refractivity contribution >= 4 is 4.08 Å². The molecule has 0 aliphatic heterocycles. The maximum atomic E-state index is 7.50. The second kappa shape index (κ2) is 36.5. The van der Waals surface area contributed by atoms with E-state index in [9.17, 15) is 0 Å². The molecule has 0 unspecified atom stereocenters. The Morgan fingerprint density at radius 3 is 1.32 bits per heavy atom. The van der Waals surface area contributed by atoms with Gasteiger partial charge in [0.25, 0.3) is 0 Å². The Bertz CT molecular complexity index is 420. The van der Waals surface area contributed by atoms with Gasteiger partial charge in [0.1, 0.15) is 0 Å². The molecule has 0 saturated carbocycles. The summed E-state index contributed by atoms with van der Waals surface area (Å²) in [4.78, 5) is 0. The van der Waals surface area contributed by atoms with E-state index in [-0.39, 0.29) is 0 Å². The predicted molar refractivity (Wildman–Crippen MR) is 63.8 cm³/mol. The molecule has 0 N–H and O–H groups in total. The van der Waals surface area contributed by atoms with Gasteiger partial charge in [0.05, 0.1) is 0 Å². The number of rotatable bonds is 3. The quantitative estimate of drug-likeness (QED) is 0.441. The molecule has 0 saturated heterocycles. The molecule has 0 spiro atoms. The van der Waals surface area contributed by atoms with Gasteiger partial charge in [-0.25, -0.2) is 0 Å². The van der Waals surface area contributed by atoms with Crippen molar-refractivity contribution in [1.82, 2.24) is 0 Å². The molecule has 0 heterocycles. The fourth-order valence-corrected chi connectivity index (χ4v) is 1.18. The van der Waals surface area contributed by atoms with Crippen LogP contribution >= 0.6 is 0 Å². The van der Waals surface area contributed by atoms with Crippen LogP contribution < -0.4 is 4.74 Å². The van der Waals surface area contributed by atoms with Gasteiger partial charge in [-0.15, -0.1) is 0 Å². The van der Waals surface area contributed by atoms with E-state index in [1.165, 1.54) is 0 Å². The van der Waals surface area contributed by atoms with Gasteiger partial charge in [0, 0.05) is 0 Å². The first-order chi connectivity index (χ1) is 10.8. The van der Waals surface area contributed by atoms with Crippen molar-refractivity contribution in [3.63, 3.8) is 0 Å². The summed E-state index contributed by atoms with van der Waals surface area (Å²) in [5.74, 6) is 0.865. The number of hydrogen-bond acceptors (Lipinski definition) is 2. The molecule has 0 fully saturated rings. The van der Waals surface area contributed by atoms with Crippen molar-refractivity contribution in [3.8, 4) is 5.75 Å². The van der Waals surface area contributed by atoms with Crippen LogP contribution in [0, 0.1) is 33.3 Å². The van der Waals surface area contributed by atoms with Crippen molar-refractivity contribution in [3.05, 3.63) is 63.1 Å². The van der Waals surface area contributed by atoms with Crippen LogP contribution in [0.2, 0.25) is 0 Å². The molecule has 0 bridgehead atoms. The molecule has 1 aromatic rings. The zero-order chi connectivity index (χ0) is 19.0. The summed E-state index contributed by atoms with van der Waals surface area (Å²) in [6, 6.07) is 7.78. The summed E-state index contributed by atoms with van der Waals surface area (Å²) in [6.07, 6.45) is 0. The van der Waals surface area contributed by atoms with Gasteiger partial charge >= 0.3 is 139 Å². The van der Waals surface area contributed by atoms with E-state index in [2.05, 4.69) is 33.3 Å². The maximum absolute atomic E-state index is 7.50. The zero-order valence-corrected chi connectivity index (χ0v) is 13.6. The van der Waals surface area contributed by atoms with Gasteiger partial charge < -0.3 is 0 Å². The van der Waals surface area contributed by atoms with Crippen LogP contribution in [0.15, 0.2) is 24.3 Å². The van der Waals surface area contributed by atoms with Crippen LogP contribution in [0.5, 0.6) is 5.75 Å². The first kappa shape index (κ1) is 32.3. The predicted octanol–water partition coefficient (Wildman–Crippen LogP) is 1.18. The Hall–Kier alpha value is -1.76. The number of benzene rings is 1. The summed E-state index contributed by atoms with van der Waals surface area (Å²) in [5.41, 5.74) is 1.09. The third kappa shape index (κ3) is 20.6. The number of ether oxygens (including phenoxy) is 2. The monoisotopic (exact) mass is 388 g/mol. The third-order valence-electron chi connectivity index (χ3n) is 1.51.